The second kappa shape index (κ2) is 2.87. The number of hydrogen-bond donors (Lipinski definition) is 0. The Balaban J connectivity index is 2.41. The van der Waals surface area contributed by atoms with Crippen molar-refractivity contribution < 1.29 is 13.5 Å². The lowest BCUT2D eigenvalue weighted by molar-refractivity contribution is 0.288. The minimum Gasteiger partial charge on any atom is -0.453 e. The van der Waals surface area contributed by atoms with Crippen molar-refractivity contribution in [2.24, 2.45) is 5.92 Å². The molecule has 70 valence electrons. The van der Waals surface area contributed by atoms with E-state index in [0.717, 1.165) is 5.69 Å². The highest BCUT2D eigenvalue weighted by Crippen LogP contribution is 2.30. The summed E-state index contributed by atoms with van der Waals surface area (Å²) in [5.41, 5.74) is 0.769. The lowest BCUT2D eigenvalue weighted by atomic mass is 9.98. The Labute approximate surface area is 75.2 Å². The molecule has 0 amide bonds. The molecule has 3 nitrogen and oxygen atoms in total. The first kappa shape index (κ1) is 8.29. The molecule has 1 aliphatic rings. The van der Waals surface area contributed by atoms with Gasteiger partial charge in [0.15, 0.2) is 5.76 Å². The minimum atomic E-state index is -0.161. The summed E-state index contributed by atoms with van der Waals surface area (Å²) in [6, 6.07) is 0. The molecule has 0 aromatic carbocycles. The summed E-state index contributed by atoms with van der Waals surface area (Å²) < 4.78 is 23.0. The Hall–Kier alpha value is -1.32. The summed E-state index contributed by atoms with van der Waals surface area (Å²) in [7, 11) is 1.47. The van der Waals surface area contributed by atoms with Gasteiger partial charge in [0, 0.05) is 18.4 Å². The van der Waals surface area contributed by atoms with Gasteiger partial charge in [-0.05, 0) is 0 Å². The largest absolute Gasteiger partial charge is 0.453 e. The number of aromatic nitrogens is 1. The first-order valence-corrected chi connectivity index (χ1v) is 4.11. The van der Waals surface area contributed by atoms with Gasteiger partial charge >= 0.3 is 6.08 Å². The number of fused-ring (bicyclic) bond motifs is 1. The molecule has 0 fully saturated rings. The van der Waals surface area contributed by atoms with Crippen LogP contribution in [0, 0.1) is 5.92 Å². The fourth-order valence-corrected chi connectivity index (χ4v) is 1.34. The van der Waals surface area contributed by atoms with Gasteiger partial charge in [0.25, 0.3) is 0 Å². The predicted molar refractivity (Wildman–Crippen MR) is 45.0 cm³/mol. The van der Waals surface area contributed by atoms with Gasteiger partial charge in [-0.1, -0.05) is 6.92 Å². The quantitative estimate of drug-likeness (QED) is 0.669. The molecular formula is C9H10FNO2. The summed E-state index contributed by atoms with van der Waals surface area (Å²) >= 11 is 0. The summed E-state index contributed by atoms with van der Waals surface area (Å²) in [6.07, 6.45) is 2.15. The van der Waals surface area contributed by atoms with Crippen LogP contribution in [0.15, 0.2) is 10.2 Å². The van der Waals surface area contributed by atoms with E-state index in [1.807, 2.05) is 6.92 Å². The normalized spacial score (nSPS) is 20.8. The number of oxazole rings is 1. The van der Waals surface area contributed by atoms with Crippen molar-refractivity contribution in [2.45, 2.75) is 13.3 Å². The molecule has 0 saturated carbocycles. The minimum absolute atomic E-state index is 0.109. The molecule has 1 aliphatic carbocycles. The van der Waals surface area contributed by atoms with Gasteiger partial charge in [0.1, 0.15) is 5.83 Å². The molecule has 2 rings (SSSR count). The maximum atomic E-state index is 13.1. The molecule has 1 aromatic rings. The van der Waals surface area contributed by atoms with Crippen LogP contribution in [0.25, 0.3) is 6.08 Å². The highest BCUT2D eigenvalue weighted by molar-refractivity contribution is 5.51. The first-order chi connectivity index (χ1) is 6.20. The van der Waals surface area contributed by atoms with E-state index < -0.39 is 0 Å². The third-order valence-corrected chi connectivity index (χ3v) is 2.12. The fourth-order valence-electron chi connectivity index (χ4n) is 1.34. The molecule has 1 atom stereocenters. The van der Waals surface area contributed by atoms with E-state index in [4.69, 9.17) is 9.15 Å². The van der Waals surface area contributed by atoms with Crippen LogP contribution in [-0.2, 0) is 6.42 Å². The van der Waals surface area contributed by atoms with Crippen LogP contribution in [0.1, 0.15) is 18.4 Å². The second-order valence-corrected chi connectivity index (χ2v) is 3.13. The number of halogens is 1. The van der Waals surface area contributed by atoms with Crippen LogP contribution in [0.3, 0.4) is 0 Å². The van der Waals surface area contributed by atoms with Gasteiger partial charge in [0.05, 0.1) is 12.8 Å². The molecule has 0 radical (unpaired) electrons. The van der Waals surface area contributed by atoms with Crippen molar-refractivity contribution in [3.05, 3.63) is 17.3 Å². The van der Waals surface area contributed by atoms with Crippen molar-refractivity contribution in [2.75, 3.05) is 7.11 Å². The molecule has 0 aliphatic heterocycles. The van der Waals surface area contributed by atoms with E-state index in [0.29, 0.717) is 12.2 Å². The van der Waals surface area contributed by atoms with Crippen LogP contribution in [0.5, 0.6) is 6.08 Å². The summed E-state index contributed by atoms with van der Waals surface area (Å²) in [5.74, 6) is 0.209. The summed E-state index contributed by atoms with van der Waals surface area (Å²) in [4.78, 5) is 4.05. The number of allylic oxidation sites excluding steroid dienone is 1. The SMILES string of the molecule is COc1nc2c(o1)C=C(F)C(C)C2. The standard InChI is InChI=1S/C9H10FNO2/c1-5-3-7-8(4-6(5)10)13-9(11-7)12-2/h4-5H,3H2,1-2H3. The molecule has 1 heterocycles. The van der Waals surface area contributed by atoms with Crippen molar-refractivity contribution in [3.63, 3.8) is 0 Å². The topological polar surface area (TPSA) is 35.3 Å². The van der Waals surface area contributed by atoms with Crippen LogP contribution >= 0.6 is 0 Å². The molecule has 1 aromatic heterocycles. The van der Waals surface area contributed by atoms with E-state index >= 15 is 0 Å². The molecule has 0 spiro atoms. The lowest BCUT2D eigenvalue weighted by Gasteiger charge is -2.11. The van der Waals surface area contributed by atoms with Gasteiger partial charge < -0.3 is 9.15 Å². The highest BCUT2D eigenvalue weighted by atomic mass is 19.1. The van der Waals surface area contributed by atoms with Crippen molar-refractivity contribution in [3.8, 4) is 6.08 Å². The molecule has 13 heavy (non-hydrogen) atoms. The van der Waals surface area contributed by atoms with E-state index in [-0.39, 0.29) is 17.8 Å². The first-order valence-electron chi connectivity index (χ1n) is 4.11. The summed E-state index contributed by atoms with van der Waals surface area (Å²) in [6.45, 7) is 1.82. The Morgan fingerprint density at radius 3 is 3.15 bits per heavy atom. The van der Waals surface area contributed by atoms with Gasteiger partial charge in [-0.25, -0.2) is 4.39 Å². The number of methoxy groups -OCH3 is 1. The van der Waals surface area contributed by atoms with Crippen molar-refractivity contribution in [1.82, 2.24) is 4.98 Å². The highest BCUT2D eigenvalue weighted by Gasteiger charge is 2.23. The zero-order chi connectivity index (χ0) is 9.42. The van der Waals surface area contributed by atoms with E-state index in [1.54, 1.807) is 0 Å². The van der Waals surface area contributed by atoms with E-state index in [9.17, 15) is 4.39 Å². The van der Waals surface area contributed by atoms with Gasteiger partial charge in [-0.3, -0.25) is 0 Å². The molecule has 4 heteroatoms. The monoisotopic (exact) mass is 183 g/mol. The predicted octanol–water partition coefficient (Wildman–Crippen LogP) is 2.19. The van der Waals surface area contributed by atoms with Gasteiger partial charge in [0.2, 0.25) is 0 Å². The average molecular weight is 183 g/mol. The maximum absolute atomic E-state index is 13.1. The second-order valence-electron chi connectivity index (χ2n) is 3.13. The molecule has 0 bridgehead atoms. The smallest absolute Gasteiger partial charge is 0.394 e. The van der Waals surface area contributed by atoms with E-state index in [2.05, 4.69) is 4.98 Å². The number of hydrogen-bond acceptors (Lipinski definition) is 3. The van der Waals surface area contributed by atoms with Crippen LogP contribution < -0.4 is 4.74 Å². The van der Waals surface area contributed by atoms with Crippen LogP contribution in [-0.4, -0.2) is 12.1 Å². The van der Waals surface area contributed by atoms with E-state index in [1.165, 1.54) is 13.2 Å². The molecule has 0 saturated heterocycles. The Bertz CT molecular complexity index is 356. The lowest BCUT2D eigenvalue weighted by Crippen LogP contribution is -2.06. The van der Waals surface area contributed by atoms with Crippen molar-refractivity contribution in [1.29, 1.82) is 0 Å². The van der Waals surface area contributed by atoms with Crippen LogP contribution in [0.2, 0.25) is 0 Å². The number of ether oxygens (including phenoxy) is 1. The number of nitrogens with zero attached hydrogens (tertiary/aromatic N) is 1. The third kappa shape index (κ3) is 1.32. The fraction of sp³-hybridized carbons (Fsp3) is 0.444. The average Bonchev–Trinajstić information content (AvgIpc) is 2.48. The third-order valence-electron chi connectivity index (χ3n) is 2.12. The van der Waals surface area contributed by atoms with Crippen LogP contribution in [0.4, 0.5) is 4.39 Å². The zero-order valence-corrected chi connectivity index (χ0v) is 7.50. The molecular weight excluding hydrogens is 173 g/mol. The molecule has 1 unspecified atom stereocenters. The van der Waals surface area contributed by atoms with Gasteiger partial charge in [-0.15, -0.1) is 0 Å². The Morgan fingerprint density at radius 1 is 1.69 bits per heavy atom. The maximum Gasteiger partial charge on any atom is 0.394 e. The zero-order valence-electron chi connectivity index (χ0n) is 7.50. The van der Waals surface area contributed by atoms with Gasteiger partial charge in [-0.2, -0.15) is 4.98 Å². The molecule has 0 N–H and O–H groups in total. The van der Waals surface area contributed by atoms with Crippen molar-refractivity contribution >= 4 is 6.08 Å². The Morgan fingerprint density at radius 2 is 2.46 bits per heavy atom. The Kier molecular flexibility index (Phi) is 1.83. The number of rotatable bonds is 1. The summed E-state index contributed by atoms with van der Waals surface area (Å²) in [5, 5.41) is 0.